The molecule has 0 aliphatic rings. The van der Waals surface area contributed by atoms with Crippen LogP contribution in [0.25, 0.3) is 10.9 Å². The maximum atomic E-state index is 12.0. The molecule has 0 aliphatic carbocycles. The highest BCUT2D eigenvalue weighted by Crippen LogP contribution is 2.12. The minimum atomic E-state index is -1.23. The number of benzene rings is 1. The first-order chi connectivity index (χ1) is 8.65. The highest BCUT2D eigenvalue weighted by Gasteiger charge is 2.13. The molecule has 0 atom stereocenters. The molecular formula is C13H13NO4. The summed E-state index contributed by atoms with van der Waals surface area (Å²) < 4.78 is 1.69. The summed E-state index contributed by atoms with van der Waals surface area (Å²) in [7, 11) is 0. The fourth-order valence-electron chi connectivity index (χ4n) is 1.92. The fourth-order valence-corrected chi connectivity index (χ4v) is 1.92. The SMILES string of the molecule is O=C(O)c1cn(CCCO)c2ccccc2c1=O. The van der Waals surface area contributed by atoms with E-state index in [0.717, 1.165) is 0 Å². The number of rotatable bonds is 4. The van der Waals surface area contributed by atoms with Gasteiger partial charge in [0.25, 0.3) is 0 Å². The van der Waals surface area contributed by atoms with Crippen molar-refractivity contribution in [3.8, 4) is 0 Å². The number of aliphatic hydroxyl groups is 1. The van der Waals surface area contributed by atoms with Gasteiger partial charge < -0.3 is 14.8 Å². The Kier molecular flexibility index (Phi) is 3.43. The first-order valence-electron chi connectivity index (χ1n) is 5.61. The summed E-state index contributed by atoms with van der Waals surface area (Å²) in [5, 5.41) is 18.2. The Morgan fingerprint density at radius 2 is 2.00 bits per heavy atom. The number of nitrogens with zero attached hydrogens (tertiary/aromatic N) is 1. The average molecular weight is 247 g/mol. The molecule has 0 saturated heterocycles. The maximum Gasteiger partial charge on any atom is 0.341 e. The molecule has 2 rings (SSSR count). The largest absolute Gasteiger partial charge is 0.477 e. The van der Waals surface area contributed by atoms with Crippen molar-refractivity contribution >= 4 is 16.9 Å². The summed E-state index contributed by atoms with van der Waals surface area (Å²) in [5.41, 5.74) is -0.0362. The van der Waals surface area contributed by atoms with Crippen molar-refractivity contribution in [2.45, 2.75) is 13.0 Å². The highest BCUT2D eigenvalue weighted by atomic mass is 16.4. The number of carbonyl (C=O) groups is 1. The van der Waals surface area contributed by atoms with Crippen LogP contribution in [-0.4, -0.2) is 27.4 Å². The average Bonchev–Trinajstić information content (AvgIpc) is 2.38. The van der Waals surface area contributed by atoms with Crippen LogP contribution in [-0.2, 0) is 6.54 Å². The standard InChI is InChI=1S/C13H13NO4/c15-7-3-6-14-8-10(13(17)18)12(16)9-4-1-2-5-11(9)14/h1-2,4-5,8,15H,3,6-7H2,(H,17,18). The number of aliphatic hydroxyl groups excluding tert-OH is 1. The monoisotopic (exact) mass is 247 g/mol. The van der Waals surface area contributed by atoms with Gasteiger partial charge in [-0.3, -0.25) is 4.79 Å². The number of para-hydroxylation sites is 1. The van der Waals surface area contributed by atoms with E-state index in [2.05, 4.69) is 0 Å². The summed E-state index contributed by atoms with van der Waals surface area (Å²) in [6.07, 6.45) is 1.84. The number of aryl methyl sites for hydroxylation is 1. The zero-order valence-corrected chi connectivity index (χ0v) is 9.67. The second-order valence-electron chi connectivity index (χ2n) is 3.96. The van der Waals surface area contributed by atoms with Crippen molar-refractivity contribution < 1.29 is 15.0 Å². The second kappa shape index (κ2) is 5.01. The molecule has 0 amide bonds. The summed E-state index contributed by atoms with van der Waals surface area (Å²) in [4.78, 5) is 23.0. The quantitative estimate of drug-likeness (QED) is 0.847. The number of carboxylic acids is 1. The van der Waals surface area contributed by atoms with Crippen LogP contribution < -0.4 is 5.43 Å². The van der Waals surface area contributed by atoms with E-state index < -0.39 is 11.4 Å². The van der Waals surface area contributed by atoms with Crippen molar-refractivity contribution in [1.29, 1.82) is 0 Å². The third kappa shape index (κ3) is 2.12. The number of fused-ring (bicyclic) bond motifs is 1. The second-order valence-corrected chi connectivity index (χ2v) is 3.96. The summed E-state index contributed by atoms with van der Waals surface area (Å²) in [5.74, 6) is -1.23. The van der Waals surface area contributed by atoms with Gasteiger partial charge in [-0.15, -0.1) is 0 Å². The van der Waals surface area contributed by atoms with E-state index >= 15 is 0 Å². The van der Waals surface area contributed by atoms with Crippen molar-refractivity contribution in [2.24, 2.45) is 0 Å². The lowest BCUT2D eigenvalue weighted by atomic mass is 10.1. The lowest BCUT2D eigenvalue weighted by Crippen LogP contribution is -2.19. The number of hydrogen-bond acceptors (Lipinski definition) is 3. The molecule has 1 heterocycles. The third-order valence-corrected chi connectivity index (χ3v) is 2.78. The molecule has 18 heavy (non-hydrogen) atoms. The van der Waals surface area contributed by atoms with E-state index in [1.54, 1.807) is 28.8 Å². The molecule has 1 aromatic heterocycles. The third-order valence-electron chi connectivity index (χ3n) is 2.78. The van der Waals surface area contributed by atoms with Crippen LogP contribution in [0.5, 0.6) is 0 Å². The van der Waals surface area contributed by atoms with E-state index in [1.165, 1.54) is 6.20 Å². The molecule has 2 aromatic rings. The Balaban J connectivity index is 2.72. The minimum absolute atomic E-state index is 0.0167. The van der Waals surface area contributed by atoms with Gasteiger partial charge in [-0.05, 0) is 18.6 Å². The highest BCUT2D eigenvalue weighted by molar-refractivity contribution is 5.92. The van der Waals surface area contributed by atoms with Gasteiger partial charge in [0, 0.05) is 24.7 Å². The van der Waals surface area contributed by atoms with Crippen molar-refractivity contribution in [2.75, 3.05) is 6.61 Å². The van der Waals surface area contributed by atoms with Gasteiger partial charge in [0.1, 0.15) is 5.56 Å². The Morgan fingerprint density at radius 3 is 2.67 bits per heavy atom. The Labute approximate surface area is 103 Å². The molecule has 0 spiro atoms. The summed E-state index contributed by atoms with van der Waals surface area (Å²) in [6.45, 7) is 0.487. The van der Waals surface area contributed by atoms with E-state index in [9.17, 15) is 9.59 Å². The van der Waals surface area contributed by atoms with E-state index in [4.69, 9.17) is 10.2 Å². The van der Waals surface area contributed by atoms with Gasteiger partial charge in [-0.1, -0.05) is 12.1 Å². The number of aromatic nitrogens is 1. The zero-order chi connectivity index (χ0) is 13.1. The van der Waals surface area contributed by atoms with Crippen LogP contribution in [0.3, 0.4) is 0 Å². The molecule has 5 nitrogen and oxygen atoms in total. The van der Waals surface area contributed by atoms with Crippen LogP contribution in [0.2, 0.25) is 0 Å². The number of pyridine rings is 1. The lowest BCUT2D eigenvalue weighted by Gasteiger charge is -2.11. The van der Waals surface area contributed by atoms with Crippen LogP contribution >= 0.6 is 0 Å². The first-order valence-corrected chi connectivity index (χ1v) is 5.61. The maximum absolute atomic E-state index is 12.0. The first kappa shape index (κ1) is 12.3. The Morgan fingerprint density at radius 1 is 1.28 bits per heavy atom. The van der Waals surface area contributed by atoms with Crippen LogP contribution in [0.4, 0.5) is 0 Å². The topological polar surface area (TPSA) is 79.5 Å². The summed E-state index contributed by atoms with van der Waals surface area (Å²) >= 11 is 0. The van der Waals surface area contributed by atoms with Crippen molar-refractivity contribution in [1.82, 2.24) is 4.57 Å². The molecule has 0 fully saturated rings. The lowest BCUT2D eigenvalue weighted by molar-refractivity contribution is 0.0695. The predicted octanol–water partition coefficient (Wildman–Crippen LogP) is 1.08. The van der Waals surface area contributed by atoms with Gasteiger partial charge in [-0.2, -0.15) is 0 Å². The van der Waals surface area contributed by atoms with Gasteiger partial charge >= 0.3 is 5.97 Å². The van der Waals surface area contributed by atoms with Crippen molar-refractivity contribution in [3.63, 3.8) is 0 Å². The molecule has 5 heteroatoms. The van der Waals surface area contributed by atoms with Gasteiger partial charge in [-0.25, -0.2) is 4.79 Å². The van der Waals surface area contributed by atoms with E-state index in [0.29, 0.717) is 23.9 Å². The number of aromatic carboxylic acids is 1. The molecule has 0 saturated carbocycles. The molecule has 1 aromatic carbocycles. The Hall–Kier alpha value is -2.14. The van der Waals surface area contributed by atoms with Crippen LogP contribution in [0, 0.1) is 0 Å². The van der Waals surface area contributed by atoms with Gasteiger partial charge in [0.2, 0.25) is 5.43 Å². The predicted molar refractivity (Wildman–Crippen MR) is 66.9 cm³/mol. The van der Waals surface area contributed by atoms with Crippen LogP contribution in [0.15, 0.2) is 35.3 Å². The molecule has 0 aliphatic heterocycles. The molecule has 0 radical (unpaired) electrons. The van der Waals surface area contributed by atoms with Crippen molar-refractivity contribution in [3.05, 3.63) is 46.2 Å². The van der Waals surface area contributed by atoms with E-state index in [1.807, 2.05) is 0 Å². The fraction of sp³-hybridized carbons (Fsp3) is 0.231. The number of carboxylic acid groups (broad SMARTS) is 1. The van der Waals surface area contributed by atoms with Gasteiger partial charge in [0.05, 0.1) is 5.52 Å². The minimum Gasteiger partial charge on any atom is -0.477 e. The molecule has 2 N–H and O–H groups in total. The number of hydrogen-bond donors (Lipinski definition) is 2. The van der Waals surface area contributed by atoms with Gasteiger partial charge in [0.15, 0.2) is 0 Å². The van der Waals surface area contributed by atoms with Crippen LogP contribution in [0.1, 0.15) is 16.8 Å². The molecule has 0 bridgehead atoms. The zero-order valence-electron chi connectivity index (χ0n) is 9.67. The smallest absolute Gasteiger partial charge is 0.341 e. The molecule has 0 unspecified atom stereocenters. The molecule has 94 valence electrons. The summed E-state index contributed by atoms with van der Waals surface area (Å²) in [6, 6.07) is 6.86. The van der Waals surface area contributed by atoms with E-state index in [-0.39, 0.29) is 12.2 Å². The molecular weight excluding hydrogens is 234 g/mol. The normalized spacial score (nSPS) is 10.7. The Bertz CT molecular complexity index is 645.